The number of allylic oxidation sites excluding steroid dienone is 1. The van der Waals surface area contributed by atoms with Gasteiger partial charge in [-0.2, -0.15) is 31.6 Å². The van der Waals surface area contributed by atoms with Crippen LogP contribution in [0.4, 0.5) is 22.0 Å². The number of hydrogen-bond acceptors (Lipinski definition) is 6. The molecule has 0 aliphatic rings. The molecule has 2 N–H and O–H groups in total. The quantitative estimate of drug-likeness (QED) is 0.623. The zero-order chi connectivity index (χ0) is 19.7. The first kappa shape index (κ1) is 19.9. The minimum atomic E-state index is -5.72. The first-order valence-corrected chi connectivity index (χ1v) is 8.09. The summed E-state index contributed by atoms with van der Waals surface area (Å²) in [6.07, 6.45) is -3.80. The van der Waals surface area contributed by atoms with Crippen molar-refractivity contribution in [2.45, 2.75) is 32.4 Å². The number of aromatic nitrogens is 3. The van der Waals surface area contributed by atoms with E-state index in [4.69, 9.17) is 5.73 Å². The Kier molecular flexibility index (Phi) is 5.44. The van der Waals surface area contributed by atoms with Crippen molar-refractivity contribution in [3.05, 3.63) is 32.8 Å². The van der Waals surface area contributed by atoms with Gasteiger partial charge in [0.05, 0.1) is 11.3 Å². The SMILES string of the molecule is CCc1nc2sc(C)nn2c(=O)c1C(C=NCC(F)(F)C(F)(F)F)=CN. The van der Waals surface area contributed by atoms with Gasteiger partial charge in [0.2, 0.25) is 4.96 Å². The highest BCUT2D eigenvalue weighted by molar-refractivity contribution is 7.16. The molecule has 142 valence electrons. The van der Waals surface area contributed by atoms with Crippen LogP contribution >= 0.6 is 11.3 Å². The number of hydrogen-bond donors (Lipinski definition) is 1. The van der Waals surface area contributed by atoms with Gasteiger partial charge in [0.25, 0.3) is 5.56 Å². The molecule has 6 nitrogen and oxygen atoms in total. The van der Waals surface area contributed by atoms with E-state index < -0.39 is 24.2 Å². The summed E-state index contributed by atoms with van der Waals surface area (Å²) in [6.45, 7) is 1.56. The van der Waals surface area contributed by atoms with Crippen LogP contribution in [0.3, 0.4) is 0 Å². The molecule has 0 radical (unpaired) electrons. The molecular formula is C14H14F5N5OS. The summed E-state index contributed by atoms with van der Waals surface area (Å²) in [5.74, 6) is -4.99. The summed E-state index contributed by atoms with van der Waals surface area (Å²) in [5, 5.41) is 4.57. The van der Waals surface area contributed by atoms with E-state index in [1.807, 2.05) is 0 Å². The predicted octanol–water partition coefficient (Wildman–Crippen LogP) is 2.59. The predicted molar refractivity (Wildman–Crippen MR) is 87.8 cm³/mol. The molecule has 2 aromatic rings. The van der Waals surface area contributed by atoms with Crippen molar-refractivity contribution in [2.24, 2.45) is 10.7 Å². The molecular weight excluding hydrogens is 381 g/mol. The lowest BCUT2D eigenvalue weighted by molar-refractivity contribution is -0.276. The molecule has 0 aromatic carbocycles. The van der Waals surface area contributed by atoms with Crippen LogP contribution in [0, 0.1) is 6.92 Å². The van der Waals surface area contributed by atoms with Crippen molar-refractivity contribution < 1.29 is 22.0 Å². The highest BCUT2D eigenvalue weighted by Crippen LogP contribution is 2.35. The maximum atomic E-state index is 12.9. The number of nitrogens with two attached hydrogens (primary N) is 1. The Labute approximate surface area is 147 Å². The van der Waals surface area contributed by atoms with Crippen LogP contribution in [0.1, 0.15) is 23.2 Å². The number of halogens is 5. The number of alkyl halides is 5. The van der Waals surface area contributed by atoms with Crippen LogP contribution in [0.5, 0.6) is 0 Å². The highest BCUT2D eigenvalue weighted by Gasteiger charge is 2.57. The third kappa shape index (κ3) is 3.74. The van der Waals surface area contributed by atoms with Gasteiger partial charge in [-0.25, -0.2) is 4.98 Å². The number of rotatable bonds is 5. The van der Waals surface area contributed by atoms with Gasteiger partial charge in [0.1, 0.15) is 11.6 Å². The van der Waals surface area contributed by atoms with Crippen LogP contribution < -0.4 is 11.3 Å². The molecule has 26 heavy (non-hydrogen) atoms. The molecule has 0 saturated heterocycles. The fraction of sp³-hybridized carbons (Fsp3) is 0.429. The fourth-order valence-corrected chi connectivity index (χ4v) is 2.82. The second-order valence-corrected chi connectivity index (χ2v) is 6.36. The fourth-order valence-electron chi connectivity index (χ4n) is 2.07. The van der Waals surface area contributed by atoms with Gasteiger partial charge in [-0.1, -0.05) is 18.3 Å². The molecule has 12 heteroatoms. The van der Waals surface area contributed by atoms with Gasteiger partial charge in [-0.15, -0.1) is 0 Å². The van der Waals surface area contributed by atoms with Crippen molar-refractivity contribution in [2.75, 3.05) is 6.54 Å². The summed E-state index contributed by atoms with van der Waals surface area (Å²) in [6, 6.07) is 0. The van der Waals surface area contributed by atoms with Crippen LogP contribution in [0.15, 0.2) is 16.0 Å². The van der Waals surface area contributed by atoms with E-state index in [9.17, 15) is 26.7 Å². The molecule has 0 atom stereocenters. The highest BCUT2D eigenvalue weighted by atomic mass is 32.1. The Bertz CT molecular complexity index is 928. The third-order valence-electron chi connectivity index (χ3n) is 3.32. The van der Waals surface area contributed by atoms with E-state index in [1.165, 1.54) is 11.3 Å². The molecule has 0 unspecified atom stereocenters. The molecule has 2 aromatic heterocycles. The van der Waals surface area contributed by atoms with E-state index in [-0.39, 0.29) is 11.1 Å². The molecule has 0 aliphatic carbocycles. The molecule has 0 fully saturated rings. The van der Waals surface area contributed by atoms with E-state index in [1.54, 1.807) is 13.8 Å². The summed E-state index contributed by atoms with van der Waals surface area (Å²) >= 11 is 1.18. The van der Waals surface area contributed by atoms with Gasteiger partial charge < -0.3 is 5.73 Å². The Morgan fingerprint density at radius 1 is 1.35 bits per heavy atom. The molecule has 2 rings (SSSR count). The molecule has 0 amide bonds. The zero-order valence-corrected chi connectivity index (χ0v) is 14.5. The summed E-state index contributed by atoms with van der Waals surface area (Å²) in [4.78, 5) is 20.4. The van der Waals surface area contributed by atoms with Gasteiger partial charge in [-0.05, 0) is 13.3 Å². The van der Waals surface area contributed by atoms with Gasteiger partial charge >= 0.3 is 12.1 Å². The monoisotopic (exact) mass is 395 g/mol. The number of aliphatic imine (C=N–C) groups is 1. The number of nitrogens with zero attached hydrogens (tertiary/aromatic N) is 4. The lowest BCUT2D eigenvalue weighted by atomic mass is 10.1. The minimum absolute atomic E-state index is 0.0446. The topological polar surface area (TPSA) is 85.6 Å². The molecule has 0 bridgehead atoms. The lowest BCUT2D eigenvalue weighted by Crippen LogP contribution is -2.39. The van der Waals surface area contributed by atoms with Crippen LogP contribution in [0.25, 0.3) is 10.5 Å². The summed E-state index contributed by atoms with van der Waals surface area (Å²) in [7, 11) is 0. The first-order chi connectivity index (χ1) is 12.0. The minimum Gasteiger partial charge on any atom is -0.404 e. The molecule has 0 saturated carbocycles. The molecule has 2 heterocycles. The van der Waals surface area contributed by atoms with E-state index in [0.29, 0.717) is 28.3 Å². The van der Waals surface area contributed by atoms with Crippen molar-refractivity contribution in [3.8, 4) is 0 Å². The lowest BCUT2D eigenvalue weighted by Gasteiger charge is -2.17. The maximum Gasteiger partial charge on any atom is 0.455 e. The average Bonchev–Trinajstić information content (AvgIpc) is 2.92. The Morgan fingerprint density at radius 3 is 2.54 bits per heavy atom. The van der Waals surface area contributed by atoms with E-state index in [0.717, 1.165) is 10.7 Å². The average molecular weight is 395 g/mol. The zero-order valence-electron chi connectivity index (χ0n) is 13.6. The van der Waals surface area contributed by atoms with Crippen LogP contribution in [-0.2, 0) is 6.42 Å². The van der Waals surface area contributed by atoms with Gasteiger partial charge in [0.15, 0.2) is 0 Å². The smallest absolute Gasteiger partial charge is 0.404 e. The second-order valence-electron chi connectivity index (χ2n) is 5.20. The van der Waals surface area contributed by atoms with E-state index >= 15 is 0 Å². The van der Waals surface area contributed by atoms with Crippen molar-refractivity contribution in [3.63, 3.8) is 0 Å². The van der Waals surface area contributed by atoms with Gasteiger partial charge in [-0.3, -0.25) is 9.79 Å². The van der Waals surface area contributed by atoms with Crippen molar-refractivity contribution >= 4 is 28.1 Å². The van der Waals surface area contributed by atoms with E-state index in [2.05, 4.69) is 15.1 Å². The second kappa shape index (κ2) is 7.09. The van der Waals surface area contributed by atoms with Crippen LogP contribution in [0.2, 0.25) is 0 Å². The maximum absolute atomic E-state index is 12.9. The number of aryl methyl sites for hydroxylation is 2. The van der Waals surface area contributed by atoms with Gasteiger partial charge in [0, 0.05) is 18.0 Å². The Morgan fingerprint density at radius 2 is 2.00 bits per heavy atom. The normalized spacial score (nSPS) is 13.9. The standard InChI is InChI=1S/C14H14F5N5OS/c1-3-9-10(11(25)24-12(22-9)26-7(2)23-24)8(4-20)5-21-6-13(15,16)14(17,18)19/h4-5H,3,6,20H2,1-2H3. The number of fused-ring (bicyclic) bond motifs is 1. The first-order valence-electron chi connectivity index (χ1n) is 7.27. The van der Waals surface area contributed by atoms with Crippen molar-refractivity contribution in [1.82, 2.24) is 14.6 Å². The third-order valence-corrected chi connectivity index (χ3v) is 4.15. The largest absolute Gasteiger partial charge is 0.455 e. The van der Waals surface area contributed by atoms with Crippen molar-refractivity contribution in [1.29, 1.82) is 0 Å². The Balaban J connectivity index is 2.46. The Hall–Kier alpha value is -2.37. The molecule has 0 aliphatic heterocycles. The van der Waals surface area contributed by atoms with Crippen LogP contribution in [-0.4, -0.2) is 39.5 Å². The molecule has 0 spiro atoms. The summed E-state index contributed by atoms with van der Waals surface area (Å²) < 4.78 is 63.5. The summed E-state index contributed by atoms with van der Waals surface area (Å²) in [5.41, 5.74) is 4.97.